The average Bonchev–Trinajstić information content (AvgIpc) is 2.97. The molecular weight excluding hydrogens is 422 g/mol. The molecule has 2 aromatic carbocycles. The fraction of sp³-hybridized carbons (Fsp3) is 0.500. The number of aromatic nitrogens is 1. The zero-order chi connectivity index (χ0) is 18.4. The van der Waals surface area contributed by atoms with E-state index in [1.807, 2.05) is 25.2 Å². The number of benzene rings is 2. The Balaban J connectivity index is 0.00000261. The van der Waals surface area contributed by atoms with Crippen molar-refractivity contribution >= 4 is 32.3 Å². The average molecular weight is 452 g/mol. The maximum Gasteiger partial charge on any atom is 0.235 e. The molecule has 3 nitrogen and oxygen atoms in total. The molecule has 3 rings (SSSR count). The van der Waals surface area contributed by atoms with Crippen molar-refractivity contribution in [2.45, 2.75) is 59.3 Å². The summed E-state index contributed by atoms with van der Waals surface area (Å²) in [6, 6.07) is 13.2. The van der Waals surface area contributed by atoms with Crippen LogP contribution >= 0.6 is 11.3 Å². The fourth-order valence-corrected chi connectivity index (χ4v) is 4.72. The highest BCUT2D eigenvalue weighted by atomic mass is 79.9. The second kappa shape index (κ2) is 11.1. The zero-order valence-corrected chi connectivity index (χ0v) is 18.9. The number of fused-ring (bicyclic) bond motifs is 3. The van der Waals surface area contributed by atoms with Gasteiger partial charge in [-0.25, -0.2) is 0 Å². The lowest BCUT2D eigenvalue weighted by Crippen LogP contribution is -3.00. The molecule has 0 atom stereocenters. The van der Waals surface area contributed by atoms with Gasteiger partial charge in [0.1, 0.15) is 11.2 Å². The van der Waals surface area contributed by atoms with Crippen LogP contribution in [-0.2, 0) is 16.0 Å². The summed E-state index contributed by atoms with van der Waals surface area (Å²) in [5, 5.41) is 4.08. The Morgan fingerprint density at radius 3 is 2.44 bits per heavy atom. The molecule has 148 valence electrons. The Morgan fingerprint density at radius 1 is 0.963 bits per heavy atom. The lowest BCUT2D eigenvalue weighted by molar-refractivity contribution is -0.673. The van der Waals surface area contributed by atoms with Crippen molar-refractivity contribution in [3.05, 3.63) is 41.4 Å². The second-order valence-corrected chi connectivity index (χ2v) is 7.80. The van der Waals surface area contributed by atoms with E-state index >= 15 is 0 Å². The molecule has 0 bridgehead atoms. The van der Waals surface area contributed by atoms with Crippen LogP contribution < -0.4 is 21.5 Å². The van der Waals surface area contributed by atoms with E-state index in [1.54, 1.807) is 0 Å². The Labute approximate surface area is 177 Å². The Hall–Kier alpha value is -1.01. The molecule has 27 heavy (non-hydrogen) atoms. The van der Waals surface area contributed by atoms with Crippen LogP contribution in [0.15, 0.2) is 36.4 Å². The molecule has 1 heterocycles. The SMILES string of the molecule is CCOC(CCCCC[n+]1c(C)sc2c3ccccc3ccc21)OCC.[Br-]. The molecule has 0 N–H and O–H groups in total. The smallest absolute Gasteiger partial charge is 0.235 e. The Kier molecular flexibility index (Phi) is 9.16. The quantitative estimate of drug-likeness (QED) is 0.268. The van der Waals surface area contributed by atoms with Gasteiger partial charge in [0.25, 0.3) is 0 Å². The Morgan fingerprint density at radius 2 is 1.70 bits per heavy atom. The molecule has 0 unspecified atom stereocenters. The maximum absolute atomic E-state index is 5.63. The van der Waals surface area contributed by atoms with Gasteiger partial charge in [-0.15, -0.1) is 0 Å². The van der Waals surface area contributed by atoms with Gasteiger partial charge >= 0.3 is 0 Å². The van der Waals surface area contributed by atoms with Crippen molar-refractivity contribution in [3.63, 3.8) is 0 Å². The number of rotatable bonds is 10. The number of halogens is 1. The molecule has 0 aliphatic heterocycles. The van der Waals surface area contributed by atoms with E-state index in [4.69, 9.17) is 9.47 Å². The minimum absolute atomic E-state index is 0. The van der Waals surface area contributed by atoms with E-state index in [9.17, 15) is 0 Å². The summed E-state index contributed by atoms with van der Waals surface area (Å²) in [6.07, 6.45) is 4.49. The molecular formula is C22H30BrNO2S. The number of ether oxygens (including phenoxy) is 2. The number of hydrogen-bond donors (Lipinski definition) is 0. The number of hydrogen-bond acceptors (Lipinski definition) is 3. The van der Waals surface area contributed by atoms with Crippen molar-refractivity contribution in [2.24, 2.45) is 0 Å². The molecule has 0 fully saturated rings. The molecule has 5 heteroatoms. The van der Waals surface area contributed by atoms with Crippen LogP contribution in [0.3, 0.4) is 0 Å². The van der Waals surface area contributed by atoms with Crippen LogP contribution in [0.4, 0.5) is 0 Å². The van der Waals surface area contributed by atoms with Gasteiger partial charge in [-0.05, 0) is 44.6 Å². The van der Waals surface area contributed by atoms with E-state index in [-0.39, 0.29) is 23.3 Å². The fourth-order valence-electron chi connectivity index (χ4n) is 3.55. The first-order valence-corrected chi connectivity index (χ1v) is 10.6. The summed E-state index contributed by atoms with van der Waals surface area (Å²) in [7, 11) is 0. The topological polar surface area (TPSA) is 22.3 Å². The van der Waals surface area contributed by atoms with Crippen molar-refractivity contribution in [1.82, 2.24) is 0 Å². The number of aryl methyl sites for hydroxylation is 2. The van der Waals surface area contributed by atoms with Gasteiger partial charge in [-0.2, -0.15) is 4.57 Å². The third-order valence-corrected chi connectivity index (χ3v) is 5.96. The van der Waals surface area contributed by atoms with Crippen LogP contribution in [0.5, 0.6) is 0 Å². The van der Waals surface area contributed by atoms with E-state index in [1.165, 1.54) is 38.8 Å². The van der Waals surface area contributed by atoms with Gasteiger partial charge in [0, 0.05) is 38.0 Å². The molecule has 0 radical (unpaired) electrons. The summed E-state index contributed by atoms with van der Waals surface area (Å²) < 4.78 is 15.1. The van der Waals surface area contributed by atoms with Crippen molar-refractivity contribution in [2.75, 3.05) is 13.2 Å². The molecule has 1 aromatic heterocycles. The van der Waals surface area contributed by atoms with E-state index in [0.717, 1.165) is 19.4 Å². The van der Waals surface area contributed by atoms with Crippen LogP contribution in [0.25, 0.3) is 21.0 Å². The standard InChI is InChI=1S/C22H30NO2S.BrH/c1-4-24-21(25-5-2)13-7-6-10-16-23-17(3)26-22-19-12-9-8-11-18(19)14-15-20(22)23;/h8-9,11-12,14-15,21H,4-7,10,13,16H2,1-3H3;1H/q+1;/p-1. The van der Waals surface area contributed by atoms with E-state index in [0.29, 0.717) is 13.2 Å². The van der Waals surface area contributed by atoms with E-state index in [2.05, 4.69) is 47.9 Å². The van der Waals surface area contributed by atoms with Gasteiger partial charge in [-0.3, -0.25) is 0 Å². The monoisotopic (exact) mass is 451 g/mol. The molecule has 0 spiro atoms. The first-order valence-electron chi connectivity index (χ1n) is 9.78. The third-order valence-electron chi connectivity index (χ3n) is 4.81. The van der Waals surface area contributed by atoms with Crippen molar-refractivity contribution in [1.29, 1.82) is 0 Å². The van der Waals surface area contributed by atoms with Crippen molar-refractivity contribution < 1.29 is 31.0 Å². The molecule has 3 aromatic rings. The summed E-state index contributed by atoms with van der Waals surface area (Å²) in [5.41, 5.74) is 1.37. The van der Waals surface area contributed by atoms with Crippen LogP contribution in [0.2, 0.25) is 0 Å². The van der Waals surface area contributed by atoms with Gasteiger partial charge in [0.05, 0.1) is 0 Å². The minimum atomic E-state index is -0.0345. The van der Waals surface area contributed by atoms with Gasteiger partial charge in [0.15, 0.2) is 6.29 Å². The highest BCUT2D eigenvalue weighted by Gasteiger charge is 2.18. The van der Waals surface area contributed by atoms with Gasteiger partial charge < -0.3 is 26.5 Å². The summed E-state index contributed by atoms with van der Waals surface area (Å²) in [4.78, 5) is 0. The predicted octanol–water partition coefficient (Wildman–Crippen LogP) is 2.61. The summed E-state index contributed by atoms with van der Waals surface area (Å²) in [5.74, 6) is 0. The molecule has 0 aliphatic rings. The summed E-state index contributed by atoms with van der Waals surface area (Å²) >= 11 is 1.91. The zero-order valence-electron chi connectivity index (χ0n) is 16.5. The predicted molar refractivity (Wildman–Crippen MR) is 110 cm³/mol. The second-order valence-electron chi connectivity index (χ2n) is 6.60. The van der Waals surface area contributed by atoms with Crippen LogP contribution in [0.1, 0.15) is 44.5 Å². The first-order chi connectivity index (χ1) is 12.7. The molecule has 0 aliphatic carbocycles. The highest BCUT2D eigenvalue weighted by molar-refractivity contribution is 7.19. The molecule has 0 saturated heterocycles. The van der Waals surface area contributed by atoms with Crippen LogP contribution in [0, 0.1) is 6.92 Å². The van der Waals surface area contributed by atoms with Gasteiger partial charge in [-0.1, -0.05) is 35.6 Å². The first kappa shape index (κ1) is 22.3. The minimum Gasteiger partial charge on any atom is -1.00 e. The molecule has 0 amide bonds. The third kappa shape index (κ3) is 5.50. The normalized spacial score (nSPS) is 11.4. The number of nitrogens with zero attached hydrogens (tertiary/aromatic N) is 1. The lowest BCUT2D eigenvalue weighted by atomic mass is 10.1. The molecule has 0 saturated carbocycles. The van der Waals surface area contributed by atoms with E-state index < -0.39 is 0 Å². The van der Waals surface area contributed by atoms with Gasteiger partial charge in [0.2, 0.25) is 10.5 Å². The highest BCUT2D eigenvalue weighted by Crippen LogP contribution is 2.29. The summed E-state index contributed by atoms with van der Waals surface area (Å²) in [6.45, 7) is 8.80. The van der Waals surface area contributed by atoms with Crippen LogP contribution in [-0.4, -0.2) is 19.5 Å². The lowest BCUT2D eigenvalue weighted by Gasteiger charge is -2.16. The largest absolute Gasteiger partial charge is 1.00 e. The number of thiazole rings is 1. The van der Waals surface area contributed by atoms with Crippen molar-refractivity contribution in [3.8, 4) is 0 Å². The number of unbranched alkanes of at least 4 members (excludes halogenated alkanes) is 2. The Bertz CT molecular complexity index is 843. The maximum atomic E-state index is 5.63.